The van der Waals surface area contributed by atoms with Crippen molar-refractivity contribution >= 4 is 17.9 Å². The van der Waals surface area contributed by atoms with Gasteiger partial charge in [-0.15, -0.1) is 0 Å². The molecule has 0 unspecified atom stereocenters. The second-order valence-corrected chi connectivity index (χ2v) is 11.9. The molecule has 1 aromatic carbocycles. The van der Waals surface area contributed by atoms with Crippen LogP contribution in [0, 0.1) is 29.1 Å². The summed E-state index contributed by atoms with van der Waals surface area (Å²) in [5.41, 5.74) is 3.66. The fraction of sp³-hybridized carbons (Fsp3) is 0.375. The van der Waals surface area contributed by atoms with Crippen LogP contribution in [-0.4, -0.2) is 26.5 Å². The molecule has 4 saturated carbocycles. The summed E-state index contributed by atoms with van der Waals surface area (Å²) in [6.07, 6.45) is 12.8. The number of carbonyl (C=O) groups is 2. The number of imide groups is 1. The van der Waals surface area contributed by atoms with Gasteiger partial charge in [0.15, 0.2) is 0 Å². The molecular weight excluding hydrogens is 488 g/mol. The van der Waals surface area contributed by atoms with E-state index in [1.165, 1.54) is 25.5 Å². The Morgan fingerprint density at radius 3 is 2.33 bits per heavy atom. The quantitative estimate of drug-likeness (QED) is 0.318. The molecule has 4 bridgehead atoms. The Bertz CT molecular complexity index is 1530. The van der Waals surface area contributed by atoms with Crippen LogP contribution in [0.2, 0.25) is 0 Å². The van der Waals surface area contributed by atoms with Gasteiger partial charge in [0.2, 0.25) is 0 Å². The number of aromatic nitrogens is 2. The highest BCUT2D eigenvalue weighted by Gasteiger charge is 2.53. The molecule has 2 amide bonds. The van der Waals surface area contributed by atoms with Gasteiger partial charge in [0.25, 0.3) is 11.8 Å². The third kappa shape index (κ3) is 3.89. The predicted octanol–water partition coefficient (Wildman–Crippen LogP) is 5.73. The van der Waals surface area contributed by atoms with Crippen LogP contribution in [0.4, 0.5) is 0 Å². The van der Waals surface area contributed by atoms with Crippen molar-refractivity contribution in [1.29, 1.82) is 5.26 Å². The van der Waals surface area contributed by atoms with Crippen molar-refractivity contribution in [1.82, 2.24) is 14.7 Å². The number of nitrogens with zero attached hydrogens (tertiary/aromatic N) is 4. The van der Waals surface area contributed by atoms with E-state index in [2.05, 4.69) is 0 Å². The molecule has 1 aliphatic heterocycles. The zero-order chi connectivity index (χ0) is 26.7. The number of hydrogen-bond donors (Lipinski definition) is 0. The Balaban J connectivity index is 1.37. The maximum atomic E-state index is 13.8. The Labute approximate surface area is 227 Å². The molecule has 3 heterocycles. The summed E-state index contributed by atoms with van der Waals surface area (Å²) >= 11 is 0. The number of hydrogen-bond acceptors (Lipinski definition) is 5. The molecule has 7 nitrogen and oxygen atoms in total. The first-order valence-electron chi connectivity index (χ1n) is 13.8. The molecule has 0 saturated heterocycles. The second-order valence-electron chi connectivity index (χ2n) is 11.9. The van der Waals surface area contributed by atoms with Crippen LogP contribution in [0.3, 0.4) is 0 Å². The zero-order valence-electron chi connectivity index (χ0n) is 22.0. The highest BCUT2D eigenvalue weighted by atomic mass is 16.3. The number of para-hydroxylation sites is 1. The number of furan rings is 1. The van der Waals surface area contributed by atoms with E-state index in [9.17, 15) is 14.9 Å². The highest BCUT2D eigenvalue weighted by molar-refractivity contribution is 6.19. The van der Waals surface area contributed by atoms with Crippen LogP contribution in [0.5, 0.6) is 0 Å². The summed E-state index contributed by atoms with van der Waals surface area (Å²) in [4.78, 5) is 28.0. The minimum Gasteiger partial charge on any atom is -0.467 e. The first kappa shape index (κ1) is 23.9. The minimum absolute atomic E-state index is 0.00175. The zero-order valence-corrected chi connectivity index (χ0v) is 22.0. The Hall–Kier alpha value is -4.18. The average Bonchev–Trinajstić information content (AvgIpc) is 3.60. The van der Waals surface area contributed by atoms with Crippen molar-refractivity contribution in [3.8, 4) is 11.8 Å². The molecule has 3 aromatic rings. The van der Waals surface area contributed by atoms with Crippen LogP contribution in [0.15, 0.2) is 76.1 Å². The SMILES string of the molecule is CC1=C(C#N)C(=O)N(Cc2ccco2)C(=O)/C1=C/c1cn(-c2ccccc2)nc1C12CC3CC(CC(C3)C1)C2. The van der Waals surface area contributed by atoms with E-state index in [0.29, 0.717) is 16.9 Å². The summed E-state index contributed by atoms with van der Waals surface area (Å²) in [6, 6.07) is 15.5. The van der Waals surface area contributed by atoms with E-state index in [1.807, 2.05) is 53.4 Å². The van der Waals surface area contributed by atoms with Gasteiger partial charge in [-0.3, -0.25) is 14.5 Å². The van der Waals surface area contributed by atoms with Crippen LogP contribution in [0.25, 0.3) is 11.8 Å². The van der Waals surface area contributed by atoms with Crippen molar-refractivity contribution in [2.45, 2.75) is 57.4 Å². The topological polar surface area (TPSA) is 92.1 Å². The number of rotatable bonds is 5. The maximum Gasteiger partial charge on any atom is 0.272 e. The largest absolute Gasteiger partial charge is 0.467 e. The molecule has 4 aliphatic carbocycles. The smallest absolute Gasteiger partial charge is 0.272 e. The first-order valence-corrected chi connectivity index (χ1v) is 13.8. The van der Waals surface area contributed by atoms with Gasteiger partial charge in [0.1, 0.15) is 17.4 Å². The normalized spacial score (nSPS) is 29.0. The average molecular weight is 519 g/mol. The highest BCUT2D eigenvalue weighted by Crippen LogP contribution is 2.61. The van der Waals surface area contributed by atoms with E-state index in [-0.39, 0.29) is 17.5 Å². The third-order valence-corrected chi connectivity index (χ3v) is 9.32. The van der Waals surface area contributed by atoms with E-state index in [1.54, 1.807) is 19.1 Å². The van der Waals surface area contributed by atoms with Crippen LogP contribution in [0.1, 0.15) is 62.5 Å². The number of amides is 2. The van der Waals surface area contributed by atoms with Gasteiger partial charge in [-0.2, -0.15) is 10.4 Å². The van der Waals surface area contributed by atoms with Crippen molar-refractivity contribution in [3.05, 3.63) is 88.7 Å². The standard InChI is InChI=1S/C32H30N4O3/c1-20-27(30(37)35(31(38)28(20)17-33)19-26-8-5-9-39-26)13-24-18-36(25-6-3-2-4-7-25)34-29(24)32-14-21-10-22(15-32)12-23(11-21)16-32/h2-9,13,18,21-23H,10-12,14-16,19H2,1H3/b27-13+. The minimum atomic E-state index is -0.588. The lowest BCUT2D eigenvalue weighted by molar-refractivity contribution is -0.141. The van der Waals surface area contributed by atoms with Crippen molar-refractivity contribution < 1.29 is 14.0 Å². The number of benzene rings is 1. The fourth-order valence-electron chi connectivity index (χ4n) is 8.01. The van der Waals surface area contributed by atoms with Gasteiger partial charge < -0.3 is 4.42 Å². The van der Waals surface area contributed by atoms with Crippen molar-refractivity contribution in [2.24, 2.45) is 17.8 Å². The van der Waals surface area contributed by atoms with E-state index in [0.717, 1.165) is 58.9 Å². The summed E-state index contributed by atoms with van der Waals surface area (Å²) in [6.45, 7) is 1.67. The maximum absolute atomic E-state index is 13.8. The van der Waals surface area contributed by atoms with Crippen molar-refractivity contribution in [2.75, 3.05) is 0 Å². The van der Waals surface area contributed by atoms with Crippen LogP contribution < -0.4 is 0 Å². The van der Waals surface area contributed by atoms with Gasteiger partial charge in [-0.05, 0) is 99.1 Å². The molecule has 196 valence electrons. The van der Waals surface area contributed by atoms with Gasteiger partial charge in [-0.1, -0.05) is 18.2 Å². The molecule has 2 aromatic heterocycles. The molecule has 7 heteroatoms. The predicted molar refractivity (Wildman–Crippen MR) is 144 cm³/mol. The van der Waals surface area contributed by atoms with E-state index in [4.69, 9.17) is 9.52 Å². The van der Waals surface area contributed by atoms with Gasteiger partial charge in [-0.25, -0.2) is 4.68 Å². The molecule has 5 aliphatic rings. The molecule has 39 heavy (non-hydrogen) atoms. The monoisotopic (exact) mass is 518 g/mol. The Morgan fingerprint density at radius 2 is 1.72 bits per heavy atom. The molecule has 0 radical (unpaired) electrons. The lowest BCUT2D eigenvalue weighted by Crippen LogP contribution is -2.49. The molecule has 0 spiro atoms. The lowest BCUT2D eigenvalue weighted by Gasteiger charge is -2.56. The summed E-state index contributed by atoms with van der Waals surface area (Å²) < 4.78 is 7.33. The Kier molecular flexibility index (Phi) is 5.48. The van der Waals surface area contributed by atoms with E-state index < -0.39 is 11.8 Å². The fourth-order valence-corrected chi connectivity index (χ4v) is 8.01. The van der Waals surface area contributed by atoms with E-state index >= 15 is 0 Å². The van der Waals surface area contributed by atoms with Crippen LogP contribution >= 0.6 is 0 Å². The van der Waals surface area contributed by atoms with Gasteiger partial charge >= 0.3 is 0 Å². The summed E-state index contributed by atoms with van der Waals surface area (Å²) in [7, 11) is 0. The first-order chi connectivity index (χ1) is 18.9. The third-order valence-electron chi connectivity index (χ3n) is 9.32. The molecule has 0 N–H and O–H groups in total. The molecule has 8 rings (SSSR count). The molecular formula is C32H30N4O3. The summed E-state index contributed by atoms with van der Waals surface area (Å²) in [5, 5.41) is 15.1. The number of carbonyl (C=O) groups excluding carboxylic acids is 2. The van der Waals surface area contributed by atoms with Crippen LogP contribution in [-0.2, 0) is 21.5 Å². The summed E-state index contributed by atoms with van der Waals surface area (Å²) in [5.74, 6) is 1.69. The van der Waals surface area contributed by atoms with Crippen molar-refractivity contribution in [3.63, 3.8) is 0 Å². The Morgan fingerprint density at radius 1 is 1.03 bits per heavy atom. The molecule has 0 atom stereocenters. The van der Waals surface area contributed by atoms with Gasteiger partial charge in [0.05, 0.1) is 24.2 Å². The second kappa shape index (κ2) is 8.94. The lowest BCUT2D eigenvalue weighted by atomic mass is 9.48. The molecule has 4 fully saturated rings. The number of nitriles is 1. The van der Waals surface area contributed by atoms with Gasteiger partial charge in [0, 0.05) is 22.7 Å².